The molecule has 0 saturated heterocycles. The zero-order chi connectivity index (χ0) is 15.7. The smallest absolute Gasteiger partial charge is 0.136 e. The third-order valence-electron chi connectivity index (χ3n) is 8.76. The van der Waals surface area contributed by atoms with Crippen LogP contribution in [0.5, 0.6) is 0 Å². The predicted molar refractivity (Wildman–Crippen MR) is 87.3 cm³/mol. The van der Waals surface area contributed by atoms with Crippen molar-refractivity contribution in [2.45, 2.75) is 78.2 Å². The van der Waals surface area contributed by atoms with Gasteiger partial charge in [0.15, 0.2) is 0 Å². The van der Waals surface area contributed by atoms with E-state index in [0.717, 1.165) is 37.0 Å². The minimum absolute atomic E-state index is 0.0861. The van der Waals surface area contributed by atoms with Gasteiger partial charge in [0, 0.05) is 12.3 Å². The van der Waals surface area contributed by atoms with Gasteiger partial charge in [-0.1, -0.05) is 20.8 Å². The van der Waals surface area contributed by atoms with Gasteiger partial charge in [-0.25, -0.2) is 0 Å². The van der Waals surface area contributed by atoms with E-state index in [0.29, 0.717) is 11.7 Å². The van der Waals surface area contributed by atoms with Gasteiger partial charge in [-0.15, -0.1) is 0 Å². The number of fused-ring (bicyclic) bond motifs is 5. The summed E-state index contributed by atoms with van der Waals surface area (Å²) in [6.07, 6.45) is 9.16. The van der Waals surface area contributed by atoms with Crippen LogP contribution in [0.15, 0.2) is 0 Å². The molecule has 0 unspecified atom stereocenters. The van der Waals surface area contributed by atoms with Gasteiger partial charge in [0.1, 0.15) is 5.78 Å². The van der Waals surface area contributed by atoms with Crippen molar-refractivity contribution in [3.63, 3.8) is 0 Å². The van der Waals surface area contributed by atoms with E-state index < -0.39 is 0 Å². The molecule has 0 heterocycles. The number of hydrogen-bond donors (Lipinski definition) is 1. The van der Waals surface area contributed by atoms with Gasteiger partial charge in [0.25, 0.3) is 0 Å². The van der Waals surface area contributed by atoms with E-state index in [1.54, 1.807) is 0 Å². The van der Waals surface area contributed by atoms with Gasteiger partial charge in [0.05, 0.1) is 6.10 Å². The Hall–Kier alpha value is -0.370. The Morgan fingerprint density at radius 1 is 1.00 bits per heavy atom. The average Bonchev–Trinajstić information content (AvgIpc) is 2.77. The third kappa shape index (κ3) is 1.85. The van der Waals surface area contributed by atoms with Crippen molar-refractivity contribution in [2.75, 3.05) is 0 Å². The second-order valence-corrected chi connectivity index (χ2v) is 9.57. The molecule has 124 valence electrons. The Morgan fingerprint density at radius 2 is 1.73 bits per heavy atom. The van der Waals surface area contributed by atoms with Crippen molar-refractivity contribution < 1.29 is 9.90 Å². The van der Waals surface area contributed by atoms with Gasteiger partial charge in [-0.2, -0.15) is 0 Å². The Bertz CT molecular complexity index is 486. The van der Waals surface area contributed by atoms with Gasteiger partial charge in [-0.05, 0) is 79.4 Å². The lowest BCUT2D eigenvalue weighted by Gasteiger charge is -2.60. The fraction of sp³-hybridized carbons (Fsp3) is 0.950. The summed E-state index contributed by atoms with van der Waals surface area (Å²) >= 11 is 0. The van der Waals surface area contributed by atoms with Crippen molar-refractivity contribution >= 4 is 5.78 Å². The second-order valence-electron chi connectivity index (χ2n) is 9.57. The molecule has 4 aliphatic carbocycles. The molecule has 22 heavy (non-hydrogen) atoms. The normalized spacial score (nSPS) is 57.9. The molecular formula is C20H32O2. The quantitative estimate of drug-likeness (QED) is 0.728. The fourth-order valence-corrected chi connectivity index (χ4v) is 7.28. The van der Waals surface area contributed by atoms with E-state index in [9.17, 15) is 9.90 Å². The molecule has 2 heteroatoms. The number of hydrogen-bond acceptors (Lipinski definition) is 2. The number of ketones is 1. The van der Waals surface area contributed by atoms with Crippen LogP contribution in [-0.4, -0.2) is 17.0 Å². The van der Waals surface area contributed by atoms with E-state index in [4.69, 9.17) is 0 Å². The molecule has 0 aromatic rings. The van der Waals surface area contributed by atoms with Crippen LogP contribution < -0.4 is 0 Å². The number of aliphatic hydroxyl groups is 1. The predicted octanol–water partition coefficient (Wildman–Crippen LogP) is 4.21. The minimum Gasteiger partial charge on any atom is -0.393 e. The number of aliphatic hydroxyl groups excluding tert-OH is 1. The fourth-order valence-electron chi connectivity index (χ4n) is 7.28. The lowest BCUT2D eigenvalue weighted by molar-refractivity contribution is -0.149. The van der Waals surface area contributed by atoms with Gasteiger partial charge in [0.2, 0.25) is 0 Å². The van der Waals surface area contributed by atoms with Crippen molar-refractivity contribution in [2.24, 2.45) is 40.4 Å². The SMILES string of the molecule is C[C@@H]1C[C@@H]2CC[C@@H]3[C@H](CC[C@]4(C)[C@@H](O)CC[C@@H]34)[C@@]2(C)CC1=O. The summed E-state index contributed by atoms with van der Waals surface area (Å²) < 4.78 is 0. The Labute approximate surface area is 135 Å². The molecule has 0 spiro atoms. The summed E-state index contributed by atoms with van der Waals surface area (Å²) in [6, 6.07) is 0. The van der Waals surface area contributed by atoms with Crippen LogP contribution in [0, 0.1) is 40.4 Å². The number of carbonyl (C=O) groups is 1. The molecule has 0 aromatic heterocycles. The highest BCUT2D eigenvalue weighted by Crippen LogP contribution is 2.66. The zero-order valence-corrected chi connectivity index (χ0v) is 14.5. The molecule has 0 amide bonds. The maximum Gasteiger partial charge on any atom is 0.136 e. The average molecular weight is 304 g/mol. The summed E-state index contributed by atoms with van der Waals surface area (Å²) in [6.45, 7) is 6.92. The molecular weight excluding hydrogens is 272 g/mol. The summed E-state index contributed by atoms with van der Waals surface area (Å²) in [5.74, 6) is 3.76. The molecule has 4 rings (SSSR count). The summed E-state index contributed by atoms with van der Waals surface area (Å²) in [5.41, 5.74) is 0.414. The highest BCUT2D eigenvalue weighted by molar-refractivity contribution is 5.82. The Morgan fingerprint density at radius 3 is 2.50 bits per heavy atom. The van der Waals surface area contributed by atoms with Crippen LogP contribution >= 0.6 is 0 Å². The first-order valence-corrected chi connectivity index (χ1v) is 9.57. The first kappa shape index (κ1) is 15.2. The monoisotopic (exact) mass is 304 g/mol. The van der Waals surface area contributed by atoms with Crippen LogP contribution in [0.25, 0.3) is 0 Å². The lowest BCUT2D eigenvalue weighted by atomic mass is 9.44. The standard InChI is InChI=1S/C20H32O2/c1-12-10-13-4-5-14-15-6-7-18(22)19(15,2)9-8-16(14)20(13,3)11-17(12)21/h12-16,18,22H,4-11H2,1-3H3/t12-,13+,14+,15+,16+,18+,19+,20+/m1/s1. The van der Waals surface area contributed by atoms with Gasteiger partial charge >= 0.3 is 0 Å². The molecule has 4 fully saturated rings. The lowest BCUT2D eigenvalue weighted by Crippen LogP contribution is -2.55. The van der Waals surface area contributed by atoms with Crippen molar-refractivity contribution in [3.05, 3.63) is 0 Å². The Balaban J connectivity index is 1.65. The Kier molecular flexibility index (Phi) is 3.32. The van der Waals surface area contributed by atoms with E-state index in [2.05, 4.69) is 20.8 Å². The molecule has 1 N–H and O–H groups in total. The number of rotatable bonds is 0. The van der Waals surface area contributed by atoms with E-state index >= 15 is 0 Å². The van der Waals surface area contributed by atoms with E-state index in [-0.39, 0.29) is 22.9 Å². The summed E-state index contributed by atoms with van der Waals surface area (Å²) in [5, 5.41) is 10.5. The van der Waals surface area contributed by atoms with Gasteiger partial charge < -0.3 is 5.11 Å². The number of carbonyl (C=O) groups excluding carboxylic acids is 1. The zero-order valence-electron chi connectivity index (χ0n) is 14.5. The van der Waals surface area contributed by atoms with Crippen molar-refractivity contribution in [1.29, 1.82) is 0 Å². The molecule has 0 aromatic carbocycles. The van der Waals surface area contributed by atoms with Crippen molar-refractivity contribution in [3.8, 4) is 0 Å². The molecule has 0 bridgehead atoms. The van der Waals surface area contributed by atoms with Crippen LogP contribution in [0.2, 0.25) is 0 Å². The molecule has 4 saturated carbocycles. The maximum atomic E-state index is 12.4. The van der Waals surface area contributed by atoms with Crippen LogP contribution in [0.1, 0.15) is 72.1 Å². The van der Waals surface area contributed by atoms with E-state index in [1.807, 2.05) is 0 Å². The topological polar surface area (TPSA) is 37.3 Å². The maximum absolute atomic E-state index is 12.4. The first-order chi connectivity index (χ1) is 10.4. The van der Waals surface area contributed by atoms with Crippen LogP contribution in [-0.2, 0) is 4.79 Å². The van der Waals surface area contributed by atoms with Crippen molar-refractivity contribution in [1.82, 2.24) is 0 Å². The minimum atomic E-state index is -0.0861. The largest absolute Gasteiger partial charge is 0.393 e. The molecule has 4 aliphatic rings. The summed E-state index contributed by atoms with van der Waals surface area (Å²) in [4.78, 5) is 12.4. The first-order valence-electron chi connectivity index (χ1n) is 9.57. The second kappa shape index (κ2) is 4.82. The molecule has 0 aliphatic heterocycles. The molecule has 2 nitrogen and oxygen atoms in total. The van der Waals surface area contributed by atoms with Gasteiger partial charge in [-0.3, -0.25) is 4.79 Å². The molecule has 0 radical (unpaired) electrons. The van der Waals surface area contributed by atoms with Crippen LogP contribution in [0.3, 0.4) is 0 Å². The summed E-state index contributed by atoms with van der Waals surface area (Å²) in [7, 11) is 0. The third-order valence-corrected chi connectivity index (χ3v) is 8.76. The van der Waals surface area contributed by atoms with E-state index in [1.165, 1.54) is 32.1 Å². The highest BCUT2D eigenvalue weighted by Gasteiger charge is 2.60. The van der Waals surface area contributed by atoms with Crippen LogP contribution in [0.4, 0.5) is 0 Å². The molecule has 8 atom stereocenters. The highest BCUT2D eigenvalue weighted by atomic mass is 16.3. The number of Topliss-reactive ketones (excluding diaryl/α,β-unsaturated/α-hetero) is 1.